The van der Waals surface area contributed by atoms with Crippen LogP contribution in [-0.4, -0.2) is 0 Å². The van der Waals surface area contributed by atoms with E-state index in [2.05, 4.69) is 43.0 Å². The van der Waals surface area contributed by atoms with Gasteiger partial charge in [0.1, 0.15) is 6.61 Å². The molecular weight excluding hydrogens is 208 g/mol. The van der Waals surface area contributed by atoms with Crippen molar-refractivity contribution in [2.75, 3.05) is 0 Å². The molecule has 0 spiro atoms. The normalized spacial score (nSPS) is 9.94. The molecule has 0 aromatic heterocycles. The Hall–Kier alpha value is -2.02. The zero-order valence-electron chi connectivity index (χ0n) is 10.0. The number of benzene rings is 2. The van der Waals surface area contributed by atoms with Gasteiger partial charge in [-0.05, 0) is 29.7 Å². The van der Waals surface area contributed by atoms with E-state index in [9.17, 15) is 0 Å². The van der Waals surface area contributed by atoms with E-state index in [0.29, 0.717) is 6.61 Å². The molecule has 0 aliphatic carbocycles. The monoisotopic (exact) mass is 224 g/mol. The van der Waals surface area contributed by atoms with Gasteiger partial charge in [-0.2, -0.15) is 0 Å². The molecule has 1 heteroatoms. The number of hydrogen-bond acceptors (Lipinski definition) is 1. The predicted octanol–water partition coefficient (Wildman–Crippen LogP) is 4.40. The average Bonchev–Trinajstić information content (AvgIpc) is 2.38. The molecule has 2 aromatic carbocycles. The van der Waals surface area contributed by atoms with Crippen LogP contribution < -0.4 is 0 Å². The summed E-state index contributed by atoms with van der Waals surface area (Å²) in [5, 5.41) is 0. The lowest BCUT2D eigenvalue weighted by Gasteiger charge is -2.07. The summed E-state index contributed by atoms with van der Waals surface area (Å²) in [6, 6.07) is 18.7. The highest BCUT2D eigenvalue weighted by Gasteiger charge is 1.99. The molecule has 2 rings (SSSR count). The molecule has 0 saturated heterocycles. The summed E-state index contributed by atoms with van der Waals surface area (Å²) in [5.74, 6) is 0.745. The molecule has 0 radical (unpaired) electrons. The van der Waals surface area contributed by atoms with Crippen molar-refractivity contribution in [3.8, 4) is 11.1 Å². The van der Waals surface area contributed by atoms with Crippen molar-refractivity contribution in [2.45, 2.75) is 13.5 Å². The maximum atomic E-state index is 5.42. The Labute approximate surface area is 102 Å². The van der Waals surface area contributed by atoms with Crippen molar-refractivity contribution in [2.24, 2.45) is 0 Å². The molecule has 1 nitrogen and oxygen atoms in total. The third-order valence-electron chi connectivity index (χ3n) is 2.52. The van der Waals surface area contributed by atoms with Gasteiger partial charge in [0.25, 0.3) is 0 Å². The summed E-state index contributed by atoms with van der Waals surface area (Å²) < 4.78 is 5.42. The molecule has 0 amide bonds. The van der Waals surface area contributed by atoms with Crippen LogP contribution in [0.2, 0.25) is 0 Å². The van der Waals surface area contributed by atoms with E-state index in [1.165, 1.54) is 11.1 Å². The lowest BCUT2D eigenvalue weighted by molar-refractivity contribution is 0.202. The minimum Gasteiger partial charge on any atom is -0.494 e. The SMILES string of the molecule is C=C(C)OCc1cccc(-c2ccccc2)c1. The van der Waals surface area contributed by atoms with Crippen molar-refractivity contribution in [3.05, 3.63) is 72.5 Å². The Morgan fingerprint density at radius 3 is 2.41 bits per heavy atom. The highest BCUT2D eigenvalue weighted by molar-refractivity contribution is 5.63. The smallest absolute Gasteiger partial charge is 0.113 e. The van der Waals surface area contributed by atoms with Crippen molar-refractivity contribution in [1.29, 1.82) is 0 Å². The van der Waals surface area contributed by atoms with Gasteiger partial charge < -0.3 is 4.74 Å². The second kappa shape index (κ2) is 5.35. The van der Waals surface area contributed by atoms with Crippen LogP contribution in [0.3, 0.4) is 0 Å². The van der Waals surface area contributed by atoms with Gasteiger partial charge in [-0.25, -0.2) is 0 Å². The molecule has 0 bridgehead atoms. The number of ether oxygens (including phenoxy) is 1. The molecule has 0 fully saturated rings. The van der Waals surface area contributed by atoms with E-state index >= 15 is 0 Å². The Morgan fingerprint density at radius 2 is 1.71 bits per heavy atom. The highest BCUT2D eigenvalue weighted by atomic mass is 16.5. The van der Waals surface area contributed by atoms with Gasteiger partial charge in [-0.3, -0.25) is 0 Å². The Bertz CT molecular complexity index is 500. The predicted molar refractivity (Wildman–Crippen MR) is 71.5 cm³/mol. The van der Waals surface area contributed by atoms with E-state index in [4.69, 9.17) is 4.74 Å². The van der Waals surface area contributed by atoms with Gasteiger partial charge in [0.15, 0.2) is 0 Å². The summed E-state index contributed by atoms with van der Waals surface area (Å²) in [4.78, 5) is 0. The van der Waals surface area contributed by atoms with E-state index < -0.39 is 0 Å². The first-order valence-electron chi connectivity index (χ1n) is 5.68. The van der Waals surface area contributed by atoms with Gasteiger partial charge in [-0.1, -0.05) is 55.1 Å². The fourth-order valence-corrected chi connectivity index (χ4v) is 1.68. The molecule has 2 aromatic rings. The summed E-state index contributed by atoms with van der Waals surface area (Å²) >= 11 is 0. The Balaban J connectivity index is 2.20. The van der Waals surface area contributed by atoms with Crippen molar-refractivity contribution < 1.29 is 4.74 Å². The quantitative estimate of drug-likeness (QED) is 0.699. The second-order valence-electron chi connectivity index (χ2n) is 4.06. The molecule has 86 valence electrons. The molecular formula is C16H16O. The number of rotatable bonds is 4. The molecule has 0 aliphatic rings. The van der Waals surface area contributed by atoms with E-state index in [-0.39, 0.29) is 0 Å². The fourth-order valence-electron chi connectivity index (χ4n) is 1.68. The molecule has 0 atom stereocenters. The molecule has 0 N–H and O–H groups in total. The van der Waals surface area contributed by atoms with E-state index in [1.807, 2.05) is 25.1 Å². The van der Waals surface area contributed by atoms with Crippen molar-refractivity contribution in [3.63, 3.8) is 0 Å². The van der Waals surface area contributed by atoms with Crippen LogP contribution in [0.25, 0.3) is 11.1 Å². The molecule has 0 heterocycles. The maximum Gasteiger partial charge on any atom is 0.113 e. The van der Waals surface area contributed by atoms with Gasteiger partial charge in [0.2, 0.25) is 0 Å². The molecule has 17 heavy (non-hydrogen) atoms. The molecule has 0 unspecified atom stereocenters. The first kappa shape index (κ1) is 11.5. The summed E-state index contributed by atoms with van der Waals surface area (Å²) in [5.41, 5.74) is 3.60. The second-order valence-corrected chi connectivity index (χ2v) is 4.06. The Morgan fingerprint density at radius 1 is 1.00 bits per heavy atom. The van der Waals surface area contributed by atoms with Gasteiger partial charge in [-0.15, -0.1) is 0 Å². The first-order valence-corrected chi connectivity index (χ1v) is 5.68. The van der Waals surface area contributed by atoms with E-state index in [1.54, 1.807) is 0 Å². The number of allylic oxidation sites excluding steroid dienone is 1. The third-order valence-corrected chi connectivity index (χ3v) is 2.52. The zero-order chi connectivity index (χ0) is 12.1. The Kier molecular flexibility index (Phi) is 3.61. The third kappa shape index (κ3) is 3.22. The zero-order valence-corrected chi connectivity index (χ0v) is 10.0. The summed E-state index contributed by atoms with van der Waals surface area (Å²) in [7, 11) is 0. The largest absolute Gasteiger partial charge is 0.494 e. The van der Waals surface area contributed by atoms with Gasteiger partial charge in [0.05, 0.1) is 5.76 Å². The summed E-state index contributed by atoms with van der Waals surface area (Å²) in [6.45, 7) is 6.17. The standard InChI is InChI=1S/C16H16O/c1-13(2)17-12-14-7-6-10-16(11-14)15-8-4-3-5-9-15/h3-11H,1,12H2,2H3. The first-order chi connectivity index (χ1) is 8.25. The van der Waals surface area contributed by atoms with Gasteiger partial charge in [0, 0.05) is 0 Å². The highest BCUT2D eigenvalue weighted by Crippen LogP contribution is 2.20. The fraction of sp³-hybridized carbons (Fsp3) is 0.125. The van der Waals surface area contributed by atoms with Crippen molar-refractivity contribution in [1.82, 2.24) is 0 Å². The minimum atomic E-state index is 0.579. The van der Waals surface area contributed by atoms with Crippen LogP contribution in [0.15, 0.2) is 66.9 Å². The van der Waals surface area contributed by atoms with Crippen LogP contribution in [0.1, 0.15) is 12.5 Å². The molecule has 0 aliphatic heterocycles. The minimum absolute atomic E-state index is 0.579. The van der Waals surface area contributed by atoms with Crippen LogP contribution >= 0.6 is 0 Å². The van der Waals surface area contributed by atoms with Crippen LogP contribution in [0, 0.1) is 0 Å². The van der Waals surface area contributed by atoms with Crippen LogP contribution in [0.5, 0.6) is 0 Å². The maximum absolute atomic E-state index is 5.42. The lowest BCUT2D eigenvalue weighted by atomic mass is 10.0. The van der Waals surface area contributed by atoms with Crippen molar-refractivity contribution >= 4 is 0 Å². The number of hydrogen-bond donors (Lipinski definition) is 0. The summed E-state index contributed by atoms with van der Waals surface area (Å²) in [6.07, 6.45) is 0. The van der Waals surface area contributed by atoms with Gasteiger partial charge >= 0.3 is 0 Å². The lowest BCUT2D eigenvalue weighted by Crippen LogP contribution is -1.90. The average molecular weight is 224 g/mol. The molecule has 0 saturated carbocycles. The topological polar surface area (TPSA) is 9.23 Å². The van der Waals surface area contributed by atoms with Crippen LogP contribution in [0.4, 0.5) is 0 Å². The van der Waals surface area contributed by atoms with Crippen LogP contribution in [-0.2, 0) is 11.3 Å². The van der Waals surface area contributed by atoms with E-state index in [0.717, 1.165) is 11.3 Å².